The number of quaternary nitrogens is 1. The average Bonchev–Trinajstić information content (AvgIpc) is 2.67. The van der Waals surface area contributed by atoms with Crippen LogP contribution >= 0.6 is 11.6 Å². The number of carbonyl (C=O) groups excluding carboxylic acids is 2. The molecule has 0 aromatic heterocycles. The minimum Gasteiger partial charge on any atom is -0.337 e. The Hall–Kier alpha value is -2.19. The lowest BCUT2D eigenvalue weighted by molar-refractivity contribution is -0.896. The van der Waals surface area contributed by atoms with E-state index in [2.05, 4.69) is 13.8 Å². The number of nitrogens with one attached hydrogen (secondary N) is 1. The van der Waals surface area contributed by atoms with Crippen LogP contribution in [0.2, 0.25) is 5.02 Å². The van der Waals surface area contributed by atoms with E-state index >= 15 is 0 Å². The summed E-state index contributed by atoms with van der Waals surface area (Å²) in [6.45, 7) is 8.96. The summed E-state index contributed by atoms with van der Waals surface area (Å²) in [5.41, 5.74) is 0.133. The van der Waals surface area contributed by atoms with E-state index in [9.17, 15) is 19.7 Å². The highest BCUT2D eigenvalue weighted by Gasteiger charge is 2.31. The van der Waals surface area contributed by atoms with Crippen molar-refractivity contribution in [2.45, 2.75) is 20.3 Å². The maximum atomic E-state index is 12.7. The van der Waals surface area contributed by atoms with Crippen LogP contribution in [-0.2, 0) is 4.79 Å². The van der Waals surface area contributed by atoms with Crippen LogP contribution in [0.3, 0.4) is 0 Å². The summed E-state index contributed by atoms with van der Waals surface area (Å²) in [6, 6.07) is 3.90. The zero-order chi connectivity index (χ0) is 21.1. The number of piperazine rings is 1. The summed E-state index contributed by atoms with van der Waals surface area (Å²) in [4.78, 5) is 40.6. The molecule has 2 atom stereocenters. The SMILES string of the molecule is C[C@H]1C[C@H](C)CN(C(=O)C[NH+]2CCN(C(=O)c3ccc([N+](=O)[O-])cc3Cl)CC2)C1. The van der Waals surface area contributed by atoms with E-state index in [0.717, 1.165) is 13.1 Å². The molecule has 2 fully saturated rings. The number of hydrogen-bond donors (Lipinski definition) is 1. The third-order valence-corrected chi connectivity index (χ3v) is 6.09. The first-order valence-corrected chi connectivity index (χ1v) is 10.5. The molecule has 1 N–H and O–H groups in total. The zero-order valence-electron chi connectivity index (χ0n) is 16.9. The minimum atomic E-state index is -0.539. The third kappa shape index (κ3) is 5.25. The van der Waals surface area contributed by atoms with Crippen LogP contribution in [0.15, 0.2) is 18.2 Å². The predicted octanol–water partition coefficient (Wildman–Crippen LogP) is 1.09. The molecule has 0 spiro atoms. The number of rotatable bonds is 4. The van der Waals surface area contributed by atoms with Gasteiger partial charge in [0.1, 0.15) is 0 Å². The fourth-order valence-corrected chi connectivity index (χ4v) is 4.61. The van der Waals surface area contributed by atoms with Gasteiger partial charge in [0.2, 0.25) is 0 Å². The summed E-state index contributed by atoms with van der Waals surface area (Å²) >= 11 is 6.09. The van der Waals surface area contributed by atoms with Gasteiger partial charge in [-0.3, -0.25) is 19.7 Å². The van der Waals surface area contributed by atoms with Crippen LogP contribution in [-0.4, -0.2) is 72.4 Å². The van der Waals surface area contributed by atoms with Crippen LogP contribution in [0.25, 0.3) is 0 Å². The molecule has 1 aromatic carbocycles. The zero-order valence-corrected chi connectivity index (χ0v) is 17.7. The van der Waals surface area contributed by atoms with E-state index < -0.39 is 4.92 Å². The van der Waals surface area contributed by atoms with E-state index in [0.29, 0.717) is 44.6 Å². The molecule has 2 heterocycles. The molecule has 8 nitrogen and oxygen atoms in total. The number of hydrogen-bond acceptors (Lipinski definition) is 4. The molecule has 0 unspecified atom stereocenters. The smallest absolute Gasteiger partial charge is 0.277 e. The van der Waals surface area contributed by atoms with Gasteiger partial charge in [0.15, 0.2) is 6.54 Å². The Morgan fingerprint density at radius 3 is 2.34 bits per heavy atom. The second-order valence-corrected chi connectivity index (χ2v) is 8.79. The number of piperidine rings is 1. The molecule has 0 radical (unpaired) electrons. The number of amides is 2. The van der Waals surface area contributed by atoms with Crippen LogP contribution in [0.1, 0.15) is 30.6 Å². The number of carbonyl (C=O) groups is 2. The van der Waals surface area contributed by atoms with Gasteiger partial charge in [-0.1, -0.05) is 25.4 Å². The molecule has 0 aliphatic carbocycles. The number of nitro benzene ring substituents is 1. The Morgan fingerprint density at radius 1 is 1.17 bits per heavy atom. The molecule has 1 aromatic rings. The van der Waals surface area contributed by atoms with Crippen molar-refractivity contribution >= 4 is 29.1 Å². The number of nitro groups is 1. The van der Waals surface area contributed by atoms with Crippen molar-refractivity contribution in [3.63, 3.8) is 0 Å². The monoisotopic (exact) mass is 423 g/mol. The van der Waals surface area contributed by atoms with Crippen molar-refractivity contribution in [3.8, 4) is 0 Å². The maximum Gasteiger partial charge on any atom is 0.277 e. The lowest BCUT2D eigenvalue weighted by atomic mass is 9.92. The summed E-state index contributed by atoms with van der Waals surface area (Å²) in [5, 5.41) is 10.9. The van der Waals surface area contributed by atoms with E-state index in [1.807, 2.05) is 4.90 Å². The number of benzene rings is 1. The van der Waals surface area contributed by atoms with Crippen LogP contribution < -0.4 is 4.90 Å². The average molecular weight is 424 g/mol. The van der Waals surface area contributed by atoms with Gasteiger partial charge in [0.05, 0.1) is 41.7 Å². The summed E-state index contributed by atoms with van der Waals surface area (Å²) in [6.07, 6.45) is 1.17. The quantitative estimate of drug-likeness (QED) is 0.580. The Balaban J connectivity index is 1.53. The number of nitrogens with zero attached hydrogens (tertiary/aromatic N) is 3. The molecular weight excluding hydrogens is 396 g/mol. The molecule has 9 heteroatoms. The molecular formula is C20H28ClN4O4+. The van der Waals surface area contributed by atoms with Crippen molar-refractivity contribution in [1.29, 1.82) is 0 Å². The molecule has 158 valence electrons. The number of non-ortho nitro benzene ring substituents is 1. The Morgan fingerprint density at radius 2 is 1.79 bits per heavy atom. The lowest BCUT2D eigenvalue weighted by Crippen LogP contribution is -3.15. The van der Waals surface area contributed by atoms with Gasteiger partial charge >= 0.3 is 0 Å². The lowest BCUT2D eigenvalue weighted by Gasteiger charge is -2.37. The Bertz CT molecular complexity index is 785. The highest BCUT2D eigenvalue weighted by Crippen LogP contribution is 2.24. The highest BCUT2D eigenvalue weighted by atomic mass is 35.5. The predicted molar refractivity (Wildman–Crippen MR) is 109 cm³/mol. The Labute approximate surface area is 175 Å². The van der Waals surface area contributed by atoms with Crippen LogP contribution in [0.5, 0.6) is 0 Å². The van der Waals surface area contributed by atoms with Crippen LogP contribution in [0.4, 0.5) is 5.69 Å². The largest absolute Gasteiger partial charge is 0.337 e. The highest BCUT2D eigenvalue weighted by molar-refractivity contribution is 6.34. The molecule has 0 bridgehead atoms. The van der Waals surface area contributed by atoms with Gasteiger partial charge in [-0.05, 0) is 24.3 Å². The third-order valence-electron chi connectivity index (χ3n) is 5.77. The van der Waals surface area contributed by atoms with Gasteiger partial charge in [-0.25, -0.2) is 0 Å². The van der Waals surface area contributed by atoms with Gasteiger partial charge in [-0.15, -0.1) is 0 Å². The van der Waals surface area contributed by atoms with E-state index in [1.54, 1.807) is 4.90 Å². The number of likely N-dealkylation sites (tertiary alicyclic amines) is 1. The van der Waals surface area contributed by atoms with Gasteiger partial charge in [-0.2, -0.15) is 0 Å². The fraction of sp³-hybridized carbons (Fsp3) is 0.600. The molecule has 2 amide bonds. The molecule has 2 saturated heterocycles. The molecule has 29 heavy (non-hydrogen) atoms. The summed E-state index contributed by atoms with van der Waals surface area (Å²) in [5.74, 6) is 1.04. The molecule has 0 saturated carbocycles. The maximum absolute atomic E-state index is 12.7. The van der Waals surface area contributed by atoms with Crippen molar-refractivity contribution in [3.05, 3.63) is 38.9 Å². The summed E-state index contributed by atoms with van der Waals surface area (Å²) < 4.78 is 0. The van der Waals surface area contributed by atoms with Crippen molar-refractivity contribution in [2.24, 2.45) is 11.8 Å². The Kier molecular flexibility index (Phi) is 6.74. The standard InChI is InChI=1S/C20H27ClN4O4/c1-14-9-15(2)12-24(11-14)19(26)13-22-5-7-23(8-6-22)20(27)17-4-3-16(25(28)29)10-18(17)21/h3-4,10,14-15H,5-9,11-13H2,1-2H3/p+1/t14-,15-/m0/s1. The molecule has 3 rings (SSSR count). The second kappa shape index (κ2) is 9.09. The minimum absolute atomic E-state index is 0.0856. The van der Waals surface area contributed by atoms with E-state index in [4.69, 9.17) is 11.6 Å². The van der Waals surface area contributed by atoms with Crippen molar-refractivity contribution < 1.29 is 19.4 Å². The molecule has 2 aliphatic rings. The first-order chi connectivity index (χ1) is 13.7. The van der Waals surface area contributed by atoms with Crippen LogP contribution in [0, 0.1) is 22.0 Å². The van der Waals surface area contributed by atoms with Gasteiger partial charge < -0.3 is 14.7 Å². The fourth-order valence-electron chi connectivity index (χ4n) is 4.36. The van der Waals surface area contributed by atoms with E-state index in [1.165, 1.54) is 29.5 Å². The van der Waals surface area contributed by atoms with Gasteiger partial charge in [0.25, 0.3) is 17.5 Å². The van der Waals surface area contributed by atoms with Gasteiger partial charge in [0, 0.05) is 25.2 Å². The van der Waals surface area contributed by atoms with E-state index in [-0.39, 0.29) is 28.1 Å². The summed E-state index contributed by atoms with van der Waals surface area (Å²) in [7, 11) is 0. The molecule has 2 aliphatic heterocycles. The van der Waals surface area contributed by atoms with Crippen molar-refractivity contribution in [1.82, 2.24) is 9.80 Å². The van der Waals surface area contributed by atoms with Crippen molar-refractivity contribution in [2.75, 3.05) is 45.8 Å². The first kappa shape index (κ1) is 21.5. The first-order valence-electron chi connectivity index (χ1n) is 10.1. The topological polar surface area (TPSA) is 88.2 Å². The normalized spacial score (nSPS) is 23.1. The number of halogens is 1. The second-order valence-electron chi connectivity index (χ2n) is 8.39.